The summed E-state index contributed by atoms with van der Waals surface area (Å²) < 4.78 is 19.4. The number of carbonyl (C=O) groups is 1. The van der Waals surface area contributed by atoms with Gasteiger partial charge in [0.2, 0.25) is 5.95 Å². The lowest BCUT2D eigenvalue weighted by Crippen LogP contribution is -2.40. The molecule has 12 heteroatoms. The number of fused-ring (bicyclic) bond motifs is 3. The Hall–Kier alpha value is -3.51. The fourth-order valence-corrected chi connectivity index (χ4v) is 4.84. The number of piperidine rings is 1. The molecule has 178 valence electrons. The van der Waals surface area contributed by atoms with Crippen LogP contribution in [0.2, 0.25) is 0 Å². The molecule has 0 amide bonds. The third kappa shape index (κ3) is 4.10. The zero-order valence-corrected chi connectivity index (χ0v) is 19.6. The number of anilines is 4. The predicted molar refractivity (Wildman–Crippen MR) is 132 cm³/mol. The van der Waals surface area contributed by atoms with Crippen LogP contribution in [0, 0.1) is 5.82 Å². The highest BCUT2D eigenvalue weighted by Gasteiger charge is 2.24. The Labute approximate surface area is 198 Å². The van der Waals surface area contributed by atoms with Gasteiger partial charge in [-0.3, -0.25) is 5.32 Å². The number of H-pyrrole nitrogens is 1. The van der Waals surface area contributed by atoms with Crippen LogP contribution in [-0.4, -0.2) is 58.7 Å². The van der Waals surface area contributed by atoms with Gasteiger partial charge >= 0.3 is 5.97 Å². The number of thiazole rings is 1. The van der Waals surface area contributed by atoms with Gasteiger partial charge in [0.05, 0.1) is 23.2 Å². The molecule has 1 aliphatic rings. The lowest BCUT2D eigenvalue weighted by Gasteiger charge is -2.31. The zero-order chi connectivity index (χ0) is 23.8. The number of nitrogens with one attached hydrogen (secondary N) is 3. The van der Waals surface area contributed by atoms with Crippen LogP contribution < -0.4 is 21.3 Å². The SMILES string of the molecule is CCOC(=O)c1csc(Nc2nc(N3CCC(N)CC3)c3c(n2)[nH]c2c(NC)cc(F)cc23)n1. The summed E-state index contributed by atoms with van der Waals surface area (Å²) >= 11 is 1.26. The first kappa shape index (κ1) is 22.3. The van der Waals surface area contributed by atoms with Crippen LogP contribution in [-0.2, 0) is 4.74 Å². The molecule has 4 aromatic rings. The highest BCUT2D eigenvalue weighted by Crippen LogP contribution is 2.37. The van der Waals surface area contributed by atoms with Crippen LogP contribution in [0.3, 0.4) is 0 Å². The van der Waals surface area contributed by atoms with Gasteiger partial charge in [-0.05, 0) is 31.9 Å². The van der Waals surface area contributed by atoms with E-state index in [1.807, 2.05) is 0 Å². The maximum absolute atomic E-state index is 14.4. The summed E-state index contributed by atoms with van der Waals surface area (Å²) in [4.78, 5) is 31.2. The van der Waals surface area contributed by atoms with E-state index in [9.17, 15) is 9.18 Å². The average molecular weight is 485 g/mol. The van der Waals surface area contributed by atoms with Crippen LogP contribution in [0.5, 0.6) is 0 Å². The Bertz CT molecular complexity index is 1360. The smallest absolute Gasteiger partial charge is 0.357 e. The number of benzene rings is 1. The summed E-state index contributed by atoms with van der Waals surface area (Å²) in [5.41, 5.74) is 8.29. The van der Waals surface area contributed by atoms with E-state index in [4.69, 9.17) is 15.5 Å². The van der Waals surface area contributed by atoms with E-state index in [1.54, 1.807) is 19.4 Å². The minimum absolute atomic E-state index is 0.152. The molecule has 0 atom stereocenters. The quantitative estimate of drug-likeness (QED) is 0.303. The largest absolute Gasteiger partial charge is 0.461 e. The third-order valence-electron chi connectivity index (χ3n) is 5.82. The minimum atomic E-state index is -0.481. The molecule has 10 nitrogen and oxygen atoms in total. The van der Waals surface area contributed by atoms with Crippen LogP contribution in [0.4, 0.5) is 27.0 Å². The number of halogens is 1. The van der Waals surface area contributed by atoms with Gasteiger partial charge in [0.25, 0.3) is 0 Å². The van der Waals surface area contributed by atoms with Crippen molar-refractivity contribution in [3.63, 3.8) is 0 Å². The molecular formula is C22H25FN8O2S. The van der Waals surface area contributed by atoms with Crippen LogP contribution in [0.15, 0.2) is 17.5 Å². The van der Waals surface area contributed by atoms with Crippen molar-refractivity contribution in [1.29, 1.82) is 0 Å². The summed E-state index contributed by atoms with van der Waals surface area (Å²) in [7, 11) is 1.74. The maximum atomic E-state index is 14.4. The molecule has 3 aromatic heterocycles. The number of nitrogens with two attached hydrogens (primary N) is 1. The number of hydrogen-bond donors (Lipinski definition) is 4. The number of aromatic nitrogens is 4. The molecule has 34 heavy (non-hydrogen) atoms. The predicted octanol–water partition coefficient (Wildman–Crippen LogP) is 3.60. The Morgan fingerprint density at radius 1 is 1.32 bits per heavy atom. The van der Waals surface area contributed by atoms with E-state index in [2.05, 4.69) is 30.5 Å². The van der Waals surface area contributed by atoms with Gasteiger partial charge in [0.1, 0.15) is 17.3 Å². The van der Waals surface area contributed by atoms with Gasteiger partial charge < -0.3 is 25.7 Å². The number of aromatic amines is 1. The first-order chi connectivity index (χ1) is 16.5. The molecular weight excluding hydrogens is 459 g/mol. The summed E-state index contributed by atoms with van der Waals surface area (Å²) in [6, 6.07) is 3.09. The molecule has 5 N–H and O–H groups in total. The molecule has 1 aliphatic heterocycles. The average Bonchev–Trinajstić information content (AvgIpc) is 3.43. The highest BCUT2D eigenvalue weighted by molar-refractivity contribution is 7.14. The molecule has 4 heterocycles. The van der Waals surface area contributed by atoms with Crippen LogP contribution >= 0.6 is 11.3 Å². The number of rotatable bonds is 6. The summed E-state index contributed by atoms with van der Waals surface area (Å²) in [6.07, 6.45) is 1.67. The number of nitrogens with zero attached hydrogens (tertiary/aromatic N) is 4. The molecule has 5 rings (SSSR count). The second-order valence-corrected chi connectivity index (χ2v) is 8.91. The molecule has 1 fully saturated rings. The summed E-state index contributed by atoms with van der Waals surface area (Å²) in [5, 5.41) is 9.68. The van der Waals surface area contributed by atoms with E-state index >= 15 is 0 Å². The van der Waals surface area contributed by atoms with Gasteiger partial charge in [0.15, 0.2) is 10.8 Å². The number of esters is 1. The topological polar surface area (TPSA) is 134 Å². The second-order valence-electron chi connectivity index (χ2n) is 8.05. The van der Waals surface area contributed by atoms with Gasteiger partial charge in [-0.15, -0.1) is 11.3 Å². The van der Waals surface area contributed by atoms with Crippen molar-refractivity contribution in [2.24, 2.45) is 5.73 Å². The van der Waals surface area contributed by atoms with E-state index in [1.165, 1.54) is 23.5 Å². The normalized spacial score (nSPS) is 14.6. The number of hydrogen-bond acceptors (Lipinski definition) is 10. The van der Waals surface area contributed by atoms with Gasteiger partial charge in [-0.1, -0.05) is 0 Å². The summed E-state index contributed by atoms with van der Waals surface area (Å²) in [6.45, 7) is 3.49. The molecule has 0 spiro atoms. The highest BCUT2D eigenvalue weighted by atomic mass is 32.1. The molecule has 0 aliphatic carbocycles. The molecule has 0 saturated carbocycles. The first-order valence-electron chi connectivity index (χ1n) is 11.1. The maximum Gasteiger partial charge on any atom is 0.357 e. The molecule has 0 unspecified atom stereocenters. The van der Waals surface area contributed by atoms with Gasteiger partial charge in [0, 0.05) is 36.9 Å². The fourth-order valence-electron chi connectivity index (χ4n) is 4.16. The van der Waals surface area contributed by atoms with Gasteiger partial charge in [-0.2, -0.15) is 9.97 Å². The Morgan fingerprint density at radius 2 is 2.12 bits per heavy atom. The Kier molecular flexibility index (Phi) is 5.92. The van der Waals surface area contributed by atoms with Crippen molar-refractivity contribution in [2.45, 2.75) is 25.8 Å². The Morgan fingerprint density at radius 3 is 2.85 bits per heavy atom. The number of carbonyl (C=O) groups excluding carboxylic acids is 1. The Balaban J connectivity index is 1.61. The van der Waals surface area contributed by atoms with Gasteiger partial charge in [-0.25, -0.2) is 14.2 Å². The molecule has 0 radical (unpaired) electrons. The van der Waals surface area contributed by atoms with E-state index in [-0.39, 0.29) is 24.2 Å². The van der Waals surface area contributed by atoms with Crippen molar-refractivity contribution in [1.82, 2.24) is 19.9 Å². The van der Waals surface area contributed by atoms with Crippen molar-refractivity contribution >= 4 is 61.8 Å². The van der Waals surface area contributed by atoms with Crippen molar-refractivity contribution in [3.8, 4) is 0 Å². The fraction of sp³-hybridized carbons (Fsp3) is 0.364. The third-order valence-corrected chi connectivity index (χ3v) is 6.58. The zero-order valence-electron chi connectivity index (χ0n) is 18.8. The number of ether oxygens (including phenoxy) is 1. The van der Waals surface area contributed by atoms with E-state index in [0.717, 1.165) is 36.8 Å². The lowest BCUT2D eigenvalue weighted by atomic mass is 10.1. The van der Waals surface area contributed by atoms with Crippen molar-refractivity contribution in [3.05, 3.63) is 29.0 Å². The molecule has 1 aromatic carbocycles. The molecule has 0 bridgehead atoms. The van der Waals surface area contributed by atoms with Crippen molar-refractivity contribution in [2.75, 3.05) is 42.3 Å². The lowest BCUT2D eigenvalue weighted by molar-refractivity contribution is 0.0520. The van der Waals surface area contributed by atoms with E-state index < -0.39 is 5.97 Å². The standard InChI is InChI=1S/C22H25FN8O2S/c1-3-33-20(32)15-10-34-22(26-15)30-21-28-18-16(19(29-21)31-6-4-12(24)5-7-31)13-8-11(23)9-14(25-2)17(13)27-18/h8-10,12,25H,3-7,24H2,1-2H3,(H2,26,27,28,29,30). The van der Waals surface area contributed by atoms with Crippen molar-refractivity contribution < 1.29 is 13.9 Å². The minimum Gasteiger partial charge on any atom is -0.461 e. The summed E-state index contributed by atoms with van der Waals surface area (Å²) in [5.74, 6) is 0.187. The second kappa shape index (κ2) is 9.03. The first-order valence-corrected chi connectivity index (χ1v) is 12.0. The van der Waals surface area contributed by atoms with E-state index in [0.29, 0.717) is 33.6 Å². The monoisotopic (exact) mass is 484 g/mol. The van der Waals surface area contributed by atoms with Crippen LogP contribution in [0.1, 0.15) is 30.3 Å². The van der Waals surface area contributed by atoms with Crippen LogP contribution in [0.25, 0.3) is 21.9 Å². The molecule has 1 saturated heterocycles.